The van der Waals surface area contributed by atoms with Gasteiger partial charge in [0.2, 0.25) is 0 Å². The second kappa shape index (κ2) is 3.34. The number of Topliss-reactive ketones (excluding diaryl/α,β-unsaturated/α-hetero) is 1. The van der Waals surface area contributed by atoms with Gasteiger partial charge < -0.3 is 5.11 Å². The predicted molar refractivity (Wildman–Crippen MR) is 44.8 cm³/mol. The SMILES string of the molecule is CC(Br)C(=O)C(C)(C)C(=O)O. The molecule has 3 nitrogen and oxygen atoms in total. The minimum absolute atomic E-state index is 0.315. The average molecular weight is 223 g/mol. The number of ketones is 1. The summed E-state index contributed by atoms with van der Waals surface area (Å²) in [6, 6.07) is 0. The van der Waals surface area contributed by atoms with Crippen LogP contribution in [0, 0.1) is 5.41 Å². The maximum absolute atomic E-state index is 11.2. The van der Waals surface area contributed by atoms with Crippen LogP contribution in [0.3, 0.4) is 0 Å². The largest absolute Gasteiger partial charge is 0.481 e. The number of carbonyl (C=O) groups excluding carboxylic acids is 1. The van der Waals surface area contributed by atoms with E-state index in [1.807, 2.05) is 0 Å². The van der Waals surface area contributed by atoms with Gasteiger partial charge in [-0.25, -0.2) is 0 Å². The topological polar surface area (TPSA) is 54.4 Å². The average Bonchev–Trinajstić information content (AvgIpc) is 1.85. The summed E-state index contributed by atoms with van der Waals surface area (Å²) in [6.45, 7) is 4.41. The molecule has 0 aromatic carbocycles. The third kappa shape index (κ3) is 2.29. The molecule has 1 N–H and O–H groups in total. The molecular formula is C7H11BrO3. The minimum Gasteiger partial charge on any atom is -0.481 e. The van der Waals surface area contributed by atoms with Gasteiger partial charge in [0.05, 0.1) is 4.83 Å². The Morgan fingerprint density at radius 3 is 1.91 bits per heavy atom. The van der Waals surface area contributed by atoms with E-state index in [0.29, 0.717) is 0 Å². The van der Waals surface area contributed by atoms with Gasteiger partial charge in [-0.1, -0.05) is 15.9 Å². The number of carbonyl (C=O) groups is 2. The summed E-state index contributed by atoms with van der Waals surface area (Å²) >= 11 is 3.03. The maximum Gasteiger partial charge on any atom is 0.316 e. The van der Waals surface area contributed by atoms with E-state index in [0.717, 1.165) is 0 Å². The first-order valence-corrected chi connectivity index (χ1v) is 4.13. The zero-order valence-electron chi connectivity index (χ0n) is 6.72. The molecule has 0 bridgehead atoms. The van der Waals surface area contributed by atoms with E-state index in [2.05, 4.69) is 15.9 Å². The number of alkyl halides is 1. The second-order valence-corrected chi connectivity index (χ2v) is 4.28. The molecule has 0 spiro atoms. The van der Waals surface area contributed by atoms with Crippen LogP contribution < -0.4 is 0 Å². The van der Waals surface area contributed by atoms with Gasteiger partial charge >= 0.3 is 5.97 Å². The van der Waals surface area contributed by atoms with E-state index in [1.54, 1.807) is 6.92 Å². The van der Waals surface area contributed by atoms with Crippen LogP contribution in [-0.4, -0.2) is 21.7 Å². The van der Waals surface area contributed by atoms with Crippen LogP contribution in [0.15, 0.2) is 0 Å². The van der Waals surface area contributed by atoms with Crippen LogP contribution in [0.25, 0.3) is 0 Å². The van der Waals surface area contributed by atoms with E-state index >= 15 is 0 Å². The number of hydrogen-bond donors (Lipinski definition) is 1. The van der Waals surface area contributed by atoms with Crippen molar-refractivity contribution in [1.29, 1.82) is 0 Å². The fourth-order valence-corrected chi connectivity index (χ4v) is 1.17. The molecule has 0 saturated carbocycles. The van der Waals surface area contributed by atoms with Crippen molar-refractivity contribution in [2.45, 2.75) is 25.6 Å². The van der Waals surface area contributed by atoms with Gasteiger partial charge in [-0.15, -0.1) is 0 Å². The first kappa shape index (κ1) is 10.6. The molecule has 0 amide bonds. The van der Waals surface area contributed by atoms with Crippen LogP contribution in [0.2, 0.25) is 0 Å². The highest BCUT2D eigenvalue weighted by molar-refractivity contribution is 9.10. The summed E-state index contributed by atoms with van der Waals surface area (Å²) in [5, 5.41) is 8.62. The van der Waals surface area contributed by atoms with Crippen molar-refractivity contribution in [3.63, 3.8) is 0 Å². The lowest BCUT2D eigenvalue weighted by molar-refractivity contribution is -0.152. The molecule has 64 valence electrons. The minimum atomic E-state index is -1.29. The van der Waals surface area contributed by atoms with Crippen molar-refractivity contribution < 1.29 is 14.7 Å². The van der Waals surface area contributed by atoms with Crippen LogP contribution in [0.1, 0.15) is 20.8 Å². The third-order valence-electron chi connectivity index (χ3n) is 1.51. The normalized spacial score (nSPS) is 14.2. The maximum atomic E-state index is 11.2. The number of hydrogen-bond acceptors (Lipinski definition) is 2. The summed E-state index contributed by atoms with van der Waals surface area (Å²) in [7, 11) is 0. The molecule has 4 heteroatoms. The Morgan fingerprint density at radius 1 is 1.45 bits per heavy atom. The third-order valence-corrected chi connectivity index (χ3v) is 1.93. The van der Waals surface area contributed by atoms with E-state index in [9.17, 15) is 9.59 Å². The molecule has 0 aliphatic heterocycles. The zero-order valence-corrected chi connectivity index (χ0v) is 8.31. The van der Waals surface area contributed by atoms with Gasteiger partial charge in [0.1, 0.15) is 5.41 Å². The lowest BCUT2D eigenvalue weighted by atomic mass is 9.87. The molecule has 0 rings (SSSR count). The number of carboxylic acid groups (broad SMARTS) is 1. The van der Waals surface area contributed by atoms with Crippen LogP contribution in [0.5, 0.6) is 0 Å². The standard InChI is InChI=1S/C7H11BrO3/c1-4(8)5(9)7(2,3)6(10)11/h4H,1-3H3,(H,10,11). The van der Waals surface area contributed by atoms with Gasteiger partial charge in [-0.05, 0) is 20.8 Å². The van der Waals surface area contributed by atoms with Crippen molar-refractivity contribution in [3.8, 4) is 0 Å². The predicted octanol–water partition coefficient (Wildman–Crippen LogP) is 1.45. The highest BCUT2D eigenvalue weighted by atomic mass is 79.9. The van der Waals surface area contributed by atoms with Crippen molar-refractivity contribution in [2.24, 2.45) is 5.41 Å². The van der Waals surface area contributed by atoms with E-state index in [-0.39, 0.29) is 5.78 Å². The molecule has 0 heterocycles. The molecule has 1 atom stereocenters. The lowest BCUT2D eigenvalue weighted by Crippen LogP contribution is -2.37. The van der Waals surface area contributed by atoms with E-state index < -0.39 is 16.2 Å². The first-order valence-electron chi connectivity index (χ1n) is 3.22. The van der Waals surface area contributed by atoms with Gasteiger partial charge in [0.25, 0.3) is 0 Å². The van der Waals surface area contributed by atoms with E-state index in [4.69, 9.17) is 5.11 Å². The summed E-state index contributed by atoms with van der Waals surface area (Å²) in [4.78, 5) is 21.3. The summed E-state index contributed by atoms with van der Waals surface area (Å²) in [5.41, 5.74) is -1.29. The Labute approximate surface area is 73.9 Å². The smallest absolute Gasteiger partial charge is 0.316 e. The number of rotatable bonds is 3. The quantitative estimate of drug-likeness (QED) is 0.581. The molecule has 0 fully saturated rings. The Hall–Kier alpha value is -0.380. The molecule has 0 aromatic heterocycles. The highest BCUT2D eigenvalue weighted by Crippen LogP contribution is 2.21. The number of carboxylic acids is 1. The second-order valence-electron chi connectivity index (χ2n) is 2.91. The zero-order chi connectivity index (χ0) is 9.23. The van der Waals surface area contributed by atoms with Crippen LogP contribution in [0.4, 0.5) is 0 Å². The fraction of sp³-hybridized carbons (Fsp3) is 0.714. The Bertz CT molecular complexity index is 184. The van der Waals surface area contributed by atoms with Gasteiger partial charge in [-0.2, -0.15) is 0 Å². The van der Waals surface area contributed by atoms with Crippen molar-refractivity contribution in [1.82, 2.24) is 0 Å². The molecule has 0 saturated heterocycles. The molecule has 0 aromatic rings. The number of halogens is 1. The van der Waals surface area contributed by atoms with E-state index in [1.165, 1.54) is 13.8 Å². The molecular weight excluding hydrogens is 212 g/mol. The first-order chi connectivity index (χ1) is 4.80. The van der Waals surface area contributed by atoms with Crippen molar-refractivity contribution >= 4 is 27.7 Å². The molecule has 0 aliphatic rings. The summed E-state index contributed by atoms with van der Waals surface area (Å²) in [5.74, 6) is -1.40. The van der Waals surface area contributed by atoms with Crippen molar-refractivity contribution in [3.05, 3.63) is 0 Å². The Morgan fingerprint density at radius 2 is 1.82 bits per heavy atom. The van der Waals surface area contributed by atoms with Gasteiger partial charge in [-0.3, -0.25) is 9.59 Å². The van der Waals surface area contributed by atoms with Crippen LogP contribution in [-0.2, 0) is 9.59 Å². The fourth-order valence-electron chi connectivity index (χ4n) is 0.603. The Balaban J connectivity index is 4.56. The monoisotopic (exact) mass is 222 g/mol. The molecule has 0 aliphatic carbocycles. The summed E-state index contributed by atoms with van der Waals surface area (Å²) in [6.07, 6.45) is 0. The number of aliphatic carboxylic acids is 1. The highest BCUT2D eigenvalue weighted by Gasteiger charge is 2.37. The van der Waals surface area contributed by atoms with Crippen LogP contribution >= 0.6 is 15.9 Å². The molecule has 11 heavy (non-hydrogen) atoms. The molecule has 0 radical (unpaired) electrons. The van der Waals surface area contributed by atoms with Gasteiger partial charge in [0.15, 0.2) is 5.78 Å². The van der Waals surface area contributed by atoms with Crippen molar-refractivity contribution in [2.75, 3.05) is 0 Å². The lowest BCUT2D eigenvalue weighted by Gasteiger charge is -2.18. The molecule has 1 unspecified atom stereocenters. The van der Waals surface area contributed by atoms with Gasteiger partial charge in [0, 0.05) is 0 Å². The summed E-state index contributed by atoms with van der Waals surface area (Å²) < 4.78 is 0. The Kier molecular flexibility index (Phi) is 3.23.